The van der Waals surface area contributed by atoms with Crippen LogP contribution in [-0.4, -0.2) is 49.2 Å². The maximum Gasteiger partial charge on any atom is 0.261 e. The fraction of sp³-hybridized carbons (Fsp3) is 0.529. The zero-order chi connectivity index (χ0) is 18.2. The third-order valence-corrected chi connectivity index (χ3v) is 6.30. The van der Waals surface area contributed by atoms with E-state index >= 15 is 0 Å². The number of hydrogen-bond donors (Lipinski definition) is 0. The highest BCUT2D eigenvalue weighted by atomic mass is 35.7. The van der Waals surface area contributed by atoms with E-state index in [1.54, 1.807) is 6.07 Å². The molecule has 2 heterocycles. The maximum atomic E-state index is 12.9. The molecule has 0 N–H and O–H groups in total. The molecule has 0 aromatic heterocycles. The van der Waals surface area contributed by atoms with Gasteiger partial charge in [0.1, 0.15) is 6.04 Å². The number of halogens is 1. The number of hydrogen-bond acceptors (Lipinski definition) is 4. The highest BCUT2D eigenvalue weighted by molar-refractivity contribution is 8.13. The SMILES string of the molecule is CC(=O)N1Cc2cc(S(=O)(=O)Cl)ccc2CC1C(=O)N1CCCCC1. The van der Waals surface area contributed by atoms with Gasteiger partial charge in [0.25, 0.3) is 9.05 Å². The van der Waals surface area contributed by atoms with Gasteiger partial charge < -0.3 is 9.80 Å². The lowest BCUT2D eigenvalue weighted by Gasteiger charge is -2.39. The van der Waals surface area contributed by atoms with Crippen LogP contribution in [0.4, 0.5) is 0 Å². The third kappa shape index (κ3) is 3.82. The van der Waals surface area contributed by atoms with Crippen molar-refractivity contribution in [3.63, 3.8) is 0 Å². The first-order valence-corrected chi connectivity index (χ1v) is 10.7. The highest BCUT2D eigenvalue weighted by Gasteiger charge is 2.36. The van der Waals surface area contributed by atoms with Crippen molar-refractivity contribution in [2.24, 2.45) is 0 Å². The van der Waals surface area contributed by atoms with Crippen molar-refractivity contribution >= 4 is 31.5 Å². The van der Waals surface area contributed by atoms with Crippen LogP contribution in [0.5, 0.6) is 0 Å². The van der Waals surface area contributed by atoms with Crippen LogP contribution in [0.1, 0.15) is 37.3 Å². The molecular formula is C17H21ClN2O4S. The number of carbonyl (C=O) groups is 2. The normalized spacial score (nSPS) is 21.0. The monoisotopic (exact) mass is 384 g/mol. The van der Waals surface area contributed by atoms with Crippen molar-refractivity contribution in [3.8, 4) is 0 Å². The predicted octanol–water partition coefficient (Wildman–Crippen LogP) is 1.90. The first-order chi connectivity index (χ1) is 11.8. The largest absolute Gasteiger partial charge is 0.341 e. The molecule has 0 aliphatic carbocycles. The molecule has 1 atom stereocenters. The molecule has 3 rings (SSSR count). The Balaban J connectivity index is 1.91. The van der Waals surface area contributed by atoms with Gasteiger partial charge in [-0.25, -0.2) is 8.42 Å². The smallest absolute Gasteiger partial charge is 0.261 e. The minimum Gasteiger partial charge on any atom is -0.341 e. The van der Waals surface area contributed by atoms with Gasteiger partial charge in [-0.05, 0) is 42.5 Å². The molecule has 0 spiro atoms. The predicted molar refractivity (Wildman–Crippen MR) is 93.6 cm³/mol. The lowest BCUT2D eigenvalue weighted by molar-refractivity contribution is -0.146. The molecule has 2 aliphatic rings. The van der Waals surface area contributed by atoms with E-state index < -0.39 is 15.1 Å². The molecule has 25 heavy (non-hydrogen) atoms. The first-order valence-electron chi connectivity index (χ1n) is 8.40. The number of benzene rings is 1. The molecule has 0 bridgehead atoms. The van der Waals surface area contributed by atoms with E-state index in [1.807, 2.05) is 4.90 Å². The number of carbonyl (C=O) groups excluding carboxylic acids is 2. The molecule has 2 aliphatic heterocycles. The van der Waals surface area contributed by atoms with Gasteiger partial charge in [0.2, 0.25) is 11.8 Å². The number of fused-ring (bicyclic) bond motifs is 1. The van der Waals surface area contributed by atoms with Gasteiger partial charge in [-0.1, -0.05) is 6.07 Å². The van der Waals surface area contributed by atoms with Gasteiger partial charge in [-0.3, -0.25) is 9.59 Å². The molecule has 0 radical (unpaired) electrons. The summed E-state index contributed by atoms with van der Waals surface area (Å²) < 4.78 is 23.1. The summed E-state index contributed by atoms with van der Waals surface area (Å²) in [7, 11) is 1.58. The topological polar surface area (TPSA) is 74.8 Å². The second-order valence-corrected chi connectivity index (χ2v) is 9.19. The Hall–Kier alpha value is -1.60. The maximum absolute atomic E-state index is 12.9. The highest BCUT2D eigenvalue weighted by Crippen LogP contribution is 2.28. The molecule has 6 nitrogen and oxygen atoms in total. The number of piperidine rings is 1. The first kappa shape index (κ1) is 18.2. The van der Waals surface area contributed by atoms with Gasteiger partial charge in [0, 0.05) is 43.7 Å². The van der Waals surface area contributed by atoms with Crippen molar-refractivity contribution in [2.45, 2.75) is 50.1 Å². The molecular weight excluding hydrogens is 364 g/mol. The summed E-state index contributed by atoms with van der Waals surface area (Å²) in [5.41, 5.74) is 1.61. The molecule has 1 aromatic carbocycles. The zero-order valence-corrected chi connectivity index (χ0v) is 15.6. The van der Waals surface area contributed by atoms with Crippen molar-refractivity contribution in [3.05, 3.63) is 29.3 Å². The summed E-state index contributed by atoms with van der Waals surface area (Å²) >= 11 is 0. The van der Waals surface area contributed by atoms with Crippen LogP contribution in [0.3, 0.4) is 0 Å². The fourth-order valence-electron chi connectivity index (χ4n) is 3.59. The van der Waals surface area contributed by atoms with Crippen LogP contribution in [0.25, 0.3) is 0 Å². The standard InChI is InChI=1S/C17H21ClN2O4S/c1-12(21)20-11-14-9-15(25(18,23)24)6-5-13(14)10-16(20)17(22)19-7-3-2-4-8-19/h5-6,9,16H,2-4,7-8,10-11H2,1H3. The Kier molecular flexibility index (Phi) is 5.06. The fourth-order valence-corrected chi connectivity index (χ4v) is 4.39. The molecule has 2 amide bonds. The van der Waals surface area contributed by atoms with E-state index in [4.69, 9.17) is 10.7 Å². The Morgan fingerprint density at radius 3 is 2.40 bits per heavy atom. The van der Waals surface area contributed by atoms with Gasteiger partial charge in [0.15, 0.2) is 0 Å². The van der Waals surface area contributed by atoms with Crippen molar-refractivity contribution in [1.82, 2.24) is 9.80 Å². The number of nitrogens with zero attached hydrogens (tertiary/aromatic N) is 2. The van der Waals surface area contributed by atoms with Gasteiger partial charge in [-0.15, -0.1) is 0 Å². The van der Waals surface area contributed by atoms with Gasteiger partial charge in [0.05, 0.1) is 4.90 Å². The summed E-state index contributed by atoms with van der Waals surface area (Å²) in [4.78, 5) is 28.4. The summed E-state index contributed by atoms with van der Waals surface area (Å²) in [6, 6.07) is 4.11. The summed E-state index contributed by atoms with van der Waals surface area (Å²) in [5.74, 6) is -0.213. The second kappa shape index (κ2) is 6.96. The minimum atomic E-state index is -3.83. The third-order valence-electron chi connectivity index (χ3n) is 4.95. The van der Waals surface area contributed by atoms with Crippen LogP contribution < -0.4 is 0 Å². The average molecular weight is 385 g/mol. The number of rotatable bonds is 2. The average Bonchev–Trinajstić information content (AvgIpc) is 2.59. The van der Waals surface area contributed by atoms with Gasteiger partial charge >= 0.3 is 0 Å². The van der Waals surface area contributed by atoms with Crippen LogP contribution >= 0.6 is 10.7 Å². The van der Waals surface area contributed by atoms with E-state index in [9.17, 15) is 18.0 Å². The minimum absolute atomic E-state index is 0.0113. The molecule has 1 aromatic rings. The molecule has 1 saturated heterocycles. The number of amides is 2. The Morgan fingerprint density at radius 1 is 1.12 bits per heavy atom. The van der Waals surface area contributed by atoms with E-state index in [-0.39, 0.29) is 23.3 Å². The lowest BCUT2D eigenvalue weighted by atomic mass is 9.92. The molecule has 8 heteroatoms. The molecule has 1 unspecified atom stereocenters. The van der Waals surface area contributed by atoms with Crippen LogP contribution in [0.15, 0.2) is 23.1 Å². The van der Waals surface area contributed by atoms with Gasteiger partial charge in [-0.2, -0.15) is 0 Å². The number of likely N-dealkylation sites (tertiary alicyclic amines) is 1. The summed E-state index contributed by atoms with van der Waals surface area (Å²) in [6.45, 7) is 3.12. The Labute approximate surface area is 152 Å². The quantitative estimate of drug-likeness (QED) is 0.730. The molecule has 1 fully saturated rings. The van der Waals surface area contributed by atoms with Crippen molar-refractivity contribution in [2.75, 3.05) is 13.1 Å². The van der Waals surface area contributed by atoms with Crippen LogP contribution in [0, 0.1) is 0 Å². The zero-order valence-electron chi connectivity index (χ0n) is 14.1. The van der Waals surface area contributed by atoms with E-state index in [0.717, 1.165) is 43.5 Å². The lowest BCUT2D eigenvalue weighted by Crippen LogP contribution is -2.54. The van der Waals surface area contributed by atoms with Crippen LogP contribution in [-0.2, 0) is 31.6 Å². The van der Waals surface area contributed by atoms with E-state index in [0.29, 0.717) is 6.42 Å². The Bertz CT molecular complexity index is 803. The molecule has 136 valence electrons. The Morgan fingerprint density at radius 2 is 1.80 bits per heavy atom. The summed E-state index contributed by atoms with van der Waals surface area (Å²) in [6.07, 6.45) is 3.51. The van der Waals surface area contributed by atoms with Crippen molar-refractivity contribution in [1.29, 1.82) is 0 Å². The van der Waals surface area contributed by atoms with Crippen LogP contribution in [0.2, 0.25) is 0 Å². The van der Waals surface area contributed by atoms with E-state index in [1.165, 1.54) is 24.0 Å². The summed E-state index contributed by atoms with van der Waals surface area (Å²) in [5, 5.41) is 0. The van der Waals surface area contributed by atoms with Crippen molar-refractivity contribution < 1.29 is 18.0 Å². The molecule has 0 saturated carbocycles. The second-order valence-electron chi connectivity index (χ2n) is 6.62. The van der Waals surface area contributed by atoms with E-state index in [2.05, 4.69) is 0 Å².